The minimum atomic E-state index is -0.893. The molecule has 1 saturated carbocycles. The number of carbonyl (C=O) groups excluding carboxylic acids is 1. The molecule has 0 unspecified atom stereocenters. The van der Waals surface area contributed by atoms with E-state index in [0.29, 0.717) is 15.1 Å². The smallest absolute Gasteiger partial charge is 0.257 e. The summed E-state index contributed by atoms with van der Waals surface area (Å²) in [6.07, 6.45) is 3.25. The van der Waals surface area contributed by atoms with Gasteiger partial charge < -0.3 is 5.32 Å². The van der Waals surface area contributed by atoms with Gasteiger partial charge in [0.1, 0.15) is 21.5 Å². The molecule has 4 rings (SSSR count). The lowest BCUT2D eigenvalue weighted by atomic mass is 10.00. The number of carbonyl (C=O) groups is 1. The molecule has 0 saturated heterocycles. The van der Waals surface area contributed by atoms with Crippen LogP contribution < -0.4 is 5.32 Å². The molecule has 0 atom stereocenters. The lowest BCUT2D eigenvalue weighted by molar-refractivity contribution is 0.0941. The zero-order valence-electron chi connectivity index (χ0n) is 14.4. The van der Waals surface area contributed by atoms with Crippen LogP contribution in [-0.2, 0) is 5.41 Å². The van der Waals surface area contributed by atoms with Crippen LogP contribution in [0.1, 0.15) is 28.9 Å². The molecule has 1 amide bonds. The van der Waals surface area contributed by atoms with Crippen LogP contribution >= 0.6 is 34.5 Å². The van der Waals surface area contributed by atoms with Gasteiger partial charge in [0.15, 0.2) is 0 Å². The predicted octanol–water partition coefficient (Wildman–Crippen LogP) is 5.86. The number of amides is 1. The molecule has 1 aliphatic carbocycles. The van der Waals surface area contributed by atoms with Gasteiger partial charge in [0, 0.05) is 29.3 Å². The van der Waals surface area contributed by atoms with Crippen LogP contribution in [0.25, 0.3) is 11.1 Å². The molecule has 144 valence electrons. The van der Waals surface area contributed by atoms with Crippen LogP contribution in [0.4, 0.5) is 8.78 Å². The standard InChI is InChI=1S/C20H14Cl2F2N2OS/c21-13-8-11(12-4-7-28-18(12)22)9-25-17(13)20(5-6-20)10-26-19(27)16-14(23)2-1-3-15(16)24/h1-4,7-9H,5-6,10H2,(H,26,27). The molecule has 2 heterocycles. The van der Waals surface area contributed by atoms with E-state index in [0.717, 1.165) is 36.1 Å². The SMILES string of the molecule is O=C(NCC1(c2ncc(-c3ccsc3Cl)cc2Cl)CC1)c1c(F)cccc1F. The molecule has 0 bridgehead atoms. The van der Waals surface area contributed by atoms with E-state index in [9.17, 15) is 13.6 Å². The summed E-state index contributed by atoms with van der Waals surface area (Å²) in [6, 6.07) is 7.02. The van der Waals surface area contributed by atoms with Gasteiger partial charge in [0.2, 0.25) is 0 Å². The molecule has 3 aromatic rings. The number of hydrogen-bond acceptors (Lipinski definition) is 3. The van der Waals surface area contributed by atoms with E-state index >= 15 is 0 Å². The summed E-state index contributed by atoms with van der Waals surface area (Å²) in [4.78, 5) is 16.8. The average Bonchev–Trinajstić information content (AvgIpc) is 3.32. The van der Waals surface area contributed by atoms with Crippen molar-refractivity contribution in [2.24, 2.45) is 0 Å². The fourth-order valence-corrected chi connectivity index (χ4v) is 4.51. The first-order valence-electron chi connectivity index (χ1n) is 8.53. The highest BCUT2D eigenvalue weighted by Gasteiger charge is 2.47. The fraction of sp³-hybridized carbons (Fsp3) is 0.200. The minimum Gasteiger partial charge on any atom is -0.351 e. The highest BCUT2D eigenvalue weighted by atomic mass is 35.5. The van der Waals surface area contributed by atoms with Crippen LogP contribution in [0, 0.1) is 11.6 Å². The number of nitrogens with one attached hydrogen (secondary N) is 1. The van der Waals surface area contributed by atoms with Crippen LogP contribution in [0.5, 0.6) is 0 Å². The van der Waals surface area contributed by atoms with Gasteiger partial charge >= 0.3 is 0 Å². The van der Waals surface area contributed by atoms with Crippen molar-refractivity contribution in [2.75, 3.05) is 6.54 Å². The maximum absolute atomic E-state index is 13.8. The van der Waals surface area contributed by atoms with E-state index in [1.807, 2.05) is 11.4 Å². The van der Waals surface area contributed by atoms with E-state index in [1.165, 1.54) is 17.4 Å². The second-order valence-corrected chi connectivity index (χ2v) is 8.65. The van der Waals surface area contributed by atoms with Crippen molar-refractivity contribution in [1.29, 1.82) is 0 Å². The van der Waals surface area contributed by atoms with Crippen molar-refractivity contribution in [3.63, 3.8) is 0 Å². The first kappa shape index (κ1) is 19.3. The van der Waals surface area contributed by atoms with Crippen LogP contribution in [-0.4, -0.2) is 17.4 Å². The Labute approximate surface area is 174 Å². The van der Waals surface area contributed by atoms with Gasteiger partial charge in [-0.25, -0.2) is 8.78 Å². The molecule has 0 spiro atoms. The maximum Gasteiger partial charge on any atom is 0.257 e. The van der Waals surface area contributed by atoms with Gasteiger partial charge in [-0.05, 0) is 42.5 Å². The third kappa shape index (κ3) is 3.52. The second kappa shape index (κ2) is 7.43. The molecule has 0 aliphatic heterocycles. The van der Waals surface area contributed by atoms with E-state index in [1.54, 1.807) is 12.3 Å². The Kier molecular flexibility index (Phi) is 5.12. The Bertz CT molecular complexity index is 1050. The second-order valence-electron chi connectivity index (χ2n) is 6.72. The van der Waals surface area contributed by atoms with Gasteiger partial charge in [-0.3, -0.25) is 9.78 Å². The lowest BCUT2D eigenvalue weighted by Crippen LogP contribution is -2.34. The molecule has 8 heteroatoms. The van der Waals surface area contributed by atoms with Crippen LogP contribution in [0.15, 0.2) is 41.9 Å². The van der Waals surface area contributed by atoms with Crippen molar-refractivity contribution < 1.29 is 13.6 Å². The predicted molar refractivity (Wildman–Crippen MR) is 107 cm³/mol. The molecular formula is C20H14Cl2F2N2OS. The fourth-order valence-electron chi connectivity index (χ4n) is 3.18. The molecule has 1 fully saturated rings. The molecule has 1 aliphatic rings. The normalized spacial score (nSPS) is 14.7. The Hall–Kier alpha value is -2.02. The third-order valence-corrected chi connectivity index (χ3v) is 6.36. The molecule has 3 nitrogen and oxygen atoms in total. The van der Waals surface area contributed by atoms with E-state index in [2.05, 4.69) is 10.3 Å². The highest BCUT2D eigenvalue weighted by molar-refractivity contribution is 7.15. The van der Waals surface area contributed by atoms with Crippen molar-refractivity contribution in [1.82, 2.24) is 10.3 Å². The Morgan fingerprint density at radius 3 is 2.50 bits per heavy atom. The summed E-state index contributed by atoms with van der Waals surface area (Å²) in [6.45, 7) is 0.199. The summed E-state index contributed by atoms with van der Waals surface area (Å²) in [5.41, 5.74) is 1.33. The summed E-state index contributed by atoms with van der Waals surface area (Å²) in [7, 11) is 0. The number of hydrogen-bond donors (Lipinski definition) is 1. The van der Waals surface area contributed by atoms with Crippen molar-refractivity contribution in [3.05, 3.63) is 74.2 Å². The van der Waals surface area contributed by atoms with Gasteiger partial charge in [0.25, 0.3) is 5.91 Å². The monoisotopic (exact) mass is 438 g/mol. The molecular weight excluding hydrogens is 425 g/mol. The number of halogens is 4. The largest absolute Gasteiger partial charge is 0.351 e. The van der Waals surface area contributed by atoms with Crippen LogP contribution in [0.3, 0.4) is 0 Å². The zero-order chi connectivity index (χ0) is 19.9. The van der Waals surface area contributed by atoms with Crippen molar-refractivity contribution >= 4 is 40.4 Å². The number of pyridine rings is 1. The van der Waals surface area contributed by atoms with Crippen LogP contribution in [0.2, 0.25) is 9.36 Å². The Balaban J connectivity index is 1.53. The van der Waals surface area contributed by atoms with Gasteiger partial charge in [-0.2, -0.15) is 0 Å². The number of thiophene rings is 1. The molecule has 1 N–H and O–H groups in total. The topological polar surface area (TPSA) is 42.0 Å². The summed E-state index contributed by atoms with van der Waals surface area (Å²) >= 11 is 14.1. The first-order valence-corrected chi connectivity index (χ1v) is 10.2. The summed E-state index contributed by atoms with van der Waals surface area (Å²) in [5.74, 6) is -2.58. The van der Waals surface area contributed by atoms with Gasteiger partial charge in [-0.15, -0.1) is 11.3 Å². The molecule has 1 aromatic carbocycles. The molecule has 0 radical (unpaired) electrons. The molecule has 2 aromatic heterocycles. The van der Waals surface area contributed by atoms with E-state index in [-0.39, 0.29) is 6.54 Å². The van der Waals surface area contributed by atoms with Gasteiger partial charge in [0.05, 0.1) is 10.7 Å². The highest BCUT2D eigenvalue weighted by Crippen LogP contribution is 2.49. The quantitative estimate of drug-likeness (QED) is 0.542. The number of benzene rings is 1. The van der Waals surface area contributed by atoms with Crippen molar-refractivity contribution in [2.45, 2.75) is 18.3 Å². The summed E-state index contributed by atoms with van der Waals surface area (Å²) in [5, 5.41) is 4.99. The van der Waals surface area contributed by atoms with Crippen molar-refractivity contribution in [3.8, 4) is 11.1 Å². The molecule has 28 heavy (non-hydrogen) atoms. The first-order chi connectivity index (χ1) is 13.4. The number of rotatable bonds is 5. The van der Waals surface area contributed by atoms with Gasteiger partial charge in [-0.1, -0.05) is 29.3 Å². The number of nitrogens with zero attached hydrogens (tertiary/aromatic N) is 1. The maximum atomic E-state index is 13.8. The summed E-state index contributed by atoms with van der Waals surface area (Å²) < 4.78 is 28.2. The number of aromatic nitrogens is 1. The Morgan fingerprint density at radius 1 is 1.21 bits per heavy atom. The average molecular weight is 439 g/mol. The minimum absolute atomic E-state index is 0.199. The lowest BCUT2D eigenvalue weighted by Gasteiger charge is -2.18. The third-order valence-electron chi connectivity index (χ3n) is 4.90. The zero-order valence-corrected chi connectivity index (χ0v) is 16.8. The van der Waals surface area contributed by atoms with E-state index in [4.69, 9.17) is 23.2 Å². The Morgan fingerprint density at radius 2 is 1.93 bits per heavy atom. The van der Waals surface area contributed by atoms with E-state index < -0.39 is 28.5 Å².